The molecule has 0 aromatic heterocycles. The number of anilines is 1. The van der Waals surface area contributed by atoms with E-state index >= 15 is 0 Å². The quantitative estimate of drug-likeness (QED) is 0.853. The lowest BCUT2D eigenvalue weighted by Crippen LogP contribution is -2.35. The van der Waals surface area contributed by atoms with Crippen molar-refractivity contribution in [2.75, 3.05) is 18.9 Å². The van der Waals surface area contributed by atoms with Crippen molar-refractivity contribution in [2.45, 2.75) is 18.2 Å². The number of para-hydroxylation sites is 1. The third-order valence-electron chi connectivity index (χ3n) is 3.62. The van der Waals surface area contributed by atoms with E-state index in [1.165, 1.54) is 0 Å². The van der Waals surface area contributed by atoms with Crippen LogP contribution >= 0.6 is 0 Å². The molecule has 0 heterocycles. The van der Waals surface area contributed by atoms with Gasteiger partial charge in [-0.05, 0) is 36.2 Å². The van der Waals surface area contributed by atoms with Gasteiger partial charge in [0.2, 0.25) is 15.9 Å². The molecule has 1 N–H and O–H groups in total. The Morgan fingerprint density at radius 1 is 1.16 bits per heavy atom. The molecular weight excluding hydrogens is 350 g/mol. The van der Waals surface area contributed by atoms with Crippen molar-refractivity contribution in [1.82, 2.24) is 4.31 Å². The maximum Gasteiger partial charge on any atom is 0.246 e. The number of sulfonamides is 1. The lowest BCUT2D eigenvalue weighted by Gasteiger charge is -2.18. The topological polar surface area (TPSA) is 66.5 Å². The van der Waals surface area contributed by atoms with Crippen LogP contribution in [-0.4, -0.2) is 32.2 Å². The highest BCUT2D eigenvalue weighted by Gasteiger charge is 2.26. The second kappa shape index (κ2) is 7.71. The van der Waals surface area contributed by atoms with E-state index in [0.29, 0.717) is 22.5 Å². The summed E-state index contributed by atoms with van der Waals surface area (Å²) in [6.45, 7) is 1.39. The van der Waals surface area contributed by atoms with Crippen LogP contribution in [0.3, 0.4) is 0 Å². The summed E-state index contributed by atoms with van der Waals surface area (Å²) >= 11 is 0. The van der Waals surface area contributed by atoms with Gasteiger partial charge in [0.15, 0.2) is 0 Å². The summed E-state index contributed by atoms with van der Waals surface area (Å²) in [6.07, 6.45) is 0.694. The van der Waals surface area contributed by atoms with E-state index in [1.807, 2.05) is 19.1 Å². The van der Waals surface area contributed by atoms with Gasteiger partial charge in [-0.2, -0.15) is 4.31 Å². The van der Waals surface area contributed by atoms with Crippen LogP contribution in [0.15, 0.2) is 47.4 Å². The highest BCUT2D eigenvalue weighted by molar-refractivity contribution is 7.89. The first-order valence-electron chi connectivity index (χ1n) is 7.55. The maximum atomic E-state index is 13.7. The summed E-state index contributed by atoms with van der Waals surface area (Å²) < 4.78 is 52.4. The van der Waals surface area contributed by atoms with E-state index in [1.54, 1.807) is 12.1 Å². The van der Waals surface area contributed by atoms with Crippen molar-refractivity contribution in [3.8, 4) is 0 Å². The molecule has 8 heteroatoms. The molecule has 0 radical (unpaired) electrons. The Kier molecular flexibility index (Phi) is 5.86. The van der Waals surface area contributed by atoms with Gasteiger partial charge in [0.1, 0.15) is 16.5 Å². The Bertz CT molecular complexity index is 885. The minimum atomic E-state index is -4.34. The zero-order chi connectivity index (χ0) is 18.6. The lowest BCUT2D eigenvalue weighted by atomic mass is 10.1. The number of likely N-dealkylation sites (N-methyl/N-ethyl adjacent to an activating group) is 1. The first-order chi connectivity index (χ1) is 11.8. The molecule has 2 aromatic rings. The molecule has 1 amide bonds. The van der Waals surface area contributed by atoms with Crippen LogP contribution in [0.1, 0.15) is 12.5 Å². The smallest absolute Gasteiger partial charge is 0.246 e. The van der Waals surface area contributed by atoms with Gasteiger partial charge in [-0.3, -0.25) is 4.79 Å². The van der Waals surface area contributed by atoms with Crippen LogP contribution in [0.5, 0.6) is 0 Å². The molecule has 0 aliphatic heterocycles. The number of nitrogens with one attached hydrogen (secondary N) is 1. The summed E-state index contributed by atoms with van der Waals surface area (Å²) in [5, 5.41) is 2.63. The van der Waals surface area contributed by atoms with E-state index in [2.05, 4.69) is 5.32 Å². The summed E-state index contributed by atoms with van der Waals surface area (Å²) in [5.74, 6) is -2.54. The van der Waals surface area contributed by atoms with E-state index in [-0.39, 0.29) is 0 Å². The summed E-state index contributed by atoms with van der Waals surface area (Å²) in [6, 6.07) is 9.27. The molecule has 0 atom stereocenters. The number of hydrogen-bond donors (Lipinski definition) is 1. The van der Waals surface area contributed by atoms with Crippen molar-refractivity contribution in [1.29, 1.82) is 0 Å². The van der Waals surface area contributed by atoms with Crippen LogP contribution in [0.4, 0.5) is 14.5 Å². The second-order valence-corrected chi connectivity index (χ2v) is 7.41. The molecule has 0 saturated heterocycles. The molecule has 25 heavy (non-hydrogen) atoms. The minimum Gasteiger partial charge on any atom is -0.325 e. The molecule has 0 bridgehead atoms. The fraction of sp³-hybridized carbons (Fsp3) is 0.235. The molecule has 2 aromatic carbocycles. The van der Waals surface area contributed by atoms with Crippen molar-refractivity contribution in [3.63, 3.8) is 0 Å². The number of amides is 1. The number of aryl methyl sites for hydroxylation is 1. The van der Waals surface area contributed by atoms with Gasteiger partial charge in [-0.25, -0.2) is 17.2 Å². The van der Waals surface area contributed by atoms with Gasteiger partial charge in [-0.15, -0.1) is 0 Å². The summed E-state index contributed by atoms with van der Waals surface area (Å²) in [4.78, 5) is 11.3. The van der Waals surface area contributed by atoms with Gasteiger partial charge in [-0.1, -0.05) is 25.1 Å². The first-order valence-corrected chi connectivity index (χ1v) is 8.99. The number of carbonyl (C=O) groups excluding carboxylic acids is 1. The fourth-order valence-corrected chi connectivity index (χ4v) is 3.47. The summed E-state index contributed by atoms with van der Waals surface area (Å²) in [7, 11) is -3.21. The Labute approximate surface area is 145 Å². The van der Waals surface area contributed by atoms with Crippen LogP contribution in [0, 0.1) is 11.6 Å². The van der Waals surface area contributed by atoms with Gasteiger partial charge < -0.3 is 5.32 Å². The molecule has 2 rings (SSSR count). The molecule has 0 fully saturated rings. The van der Waals surface area contributed by atoms with Crippen molar-refractivity contribution in [3.05, 3.63) is 59.7 Å². The van der Waals surface area contributed by atoms with Crippen molar-refractivity contribution < 1.29 is 22.0 Å². The largest absolute Gasteiger partial charge is 0.325 e. The lowest BCUT2D eigenvalue weighted by molar-refractivity contribution is -0.116. The molecule has 0 spiro atoms. The Balaban J connectivity index is 2.16. The van der Waals surface area contributed by atoms with Gasteiger partial charge >= 0.3 is 0 Å². The number of hydrogen-bond acceptors (Lipinski definition) is 3. The molecule has 0 unspecified atom stereocenters. The number of halogens is 2. The number of benzene rings is 2. The summed E-state index contributed by atoms with van der Waals surface area (Å²) in [5.41, 5.74) is 1.48. The van der Waals surface area contributed by atoms with Gasteiger partial charge in [0.05, 0.1) is 6.54 Å². The number of nitrogens with zero attached hydrogens (tertiary/aromatic N) is 1. The van der Waals surface area contributed by atoms with Crippen molar-refractivity contribution in [2.24, 2.45) is 0 Å². The van der Waals surface area contributed by atoms with E-state index in [0.717, 1.165) is 24.7 Å². The zero-order valence-corrected chi connectivity index (χ0v) is 14.6. The second-order valence-electron chi connectivity index (χ2n) is 5.39. The molecule has 0 aliphatic carbocycles. The highest BCUT2D eigenvalue weighted by atomic mass is 32.2. The monoisotopic (exact) mass is 368 g/mol. The number of rotatable bonds is 6. The predicted molar refractivity (Wildman–Crippen MR) is 90.6 cm³/mol. The van der Waals surface area contributed by atoms with E-state index < -0.39 is 39.0 Å². The Morgan fingerprint density at radius 3 is 2.52 bits per heavy atom. The number of carbonyl (C=O) groups is 1. The molecule has 0 aliphatic rings. The zero-order valence-electron chi connectivity index (χ0n) is 13.8. The SMILES string of the molecule is CCc1ccccc1NC(=O)CN(C)S(=O)(=O)c1cc(F)ccc1F. The van der Waals surface area contributed by atoms with Crippen LogP contribution in [0.2, 0.25) is 0 Å². The maximum absolute atomic E-state index is 13.7. The average molecular weight is 368 g/mol. The molecular formula is C17H18F2N2O3S. The standard InChI is InChI=1S/C17H18F2N2O3S/c1-3-12-6-4-5-7-15(12)20-17(22)11-21(2)25(23,24)16-10-13(18)8-9-14(16)19/h4-10H,3,11H2,1-2H3,(H,20,22). The third-order valence-corrected chi connectivity index (χ3v) is 5.44. The van der Waals surface area contributed by atoms with Gasteiger partial charge in [0.25, 0.3) is 0 Å². The molecule has 5 nitrogen and oxygen atoms in total. The van der Waals surface area contributed by atoms with Crippen LogP contribution in [-0.2, 0) is 21.2 Å². The normalized spacial score (nSPS) is 11.6. The van der Waals surface area contributed by atoms with Crippen LogP contribution in [0.25, 0.3) is 0 Å². The van der Waals surface area contributed by atoms with Crippen molar-refractivity contribution >= 4 is 21.6 Å². The Morgan fingerprint density at radius 2 is 1.84 bits per heavy atom. The molecule has 134 valence electrons. The Hall–Kier alpha value is -2.32. The highest BCUT2D eigenvalue weighted by Crippen LogP contribution is 2.20. The first kappa shape index (κ1) is 19.0. The van der Waals surface area contributed by atoms with Crippen LogP contribution < -0.4 is 5.32 Å². The fourth-order valence-electron chi connectivity index (χ4n) is 2.27. The average Bonchev–Trinajstić information content (AvgIpc) is 2.57. The van der Waals surface area contributed by atoms with Gasteiger partial charge in [0, 0.05) is 12.7 Å². The molecule has 0 saturated carbocycles. The predicted octanol–water partition coefficient (Wildman–Crippen LogP) is 2.79. The third kappa shape index (κ3) is 4.40. The van der Waals surface area contributed by atoms with E-state index in [4.69, 9.17) is 0 Å². The minimum absolute atomic E-state index is 0.531. The van der Waals surface area contributed by atoms with E-state index in [9.17, 15) is 22.0 Å².